The third kappa shape index (κ3) is 6.95. The van der Waals surface area contributed by atoms with E-state index in [9.17, 15) is 0 Å². The molecule has 6 nitrogen and oxygen atoms in total. The first-order valence-electron chi connectivity index (χ1n) is 25.5. The first-order valence-corrected chi connectivity index (χ1v) is 25.5. The molecule has 14 aromatic rings. The standard InChI is InChI=1S/C69H45N5O/c1-5-20-44(21-6-1)47-38-40-53-60(42-47)74(59-35-18-31-51(65(53)59)50-30-17-34-58-64(50)52-28-13-15-33-57(52)73(58)49-26-11-4-12-27-49)61-43-48(45-22-7-2-8-23-45)39-41-54(61)68-70-67(46-24-9-3-10-25-46)71-69(72-68)56-32-19-37-63-66(56)55-29-14-16-36-62(55)75-63/h1-43,68H,(H,70,71,72). The highest BCUT2D eigenvalue weighted by Gasteiger charge is 2.29. The van der Waals surface area contributed by atoms with Crippen LogP contribution in [0.15, 0.2) is 275 Å². The SMILES string of the molecule is c1ccc(C2=NC(c3ccc(-c4ccccc4)cc3-n3c4cc(-c5ccccc5)ccc4c4c(-c5cccc6c5c5ccccc5n6-c5ccccc5)cccc43)NC(c3cccc4oc5ccccc5c34)=N2)cc1. The second kappa shape index (κ2) is 17.3. The number of hydrogen-bond acceptors (Lipinski definition) is 4. The number of fused-ring (bicyclic) bond motifs is 9. The molecule has 1 N–H and O–H groups in total. The molecule has 1 atom stereocenters. The zero-order valence-corrected chi connectivity index (χ0v) is 40.6. The number of nitrogens with zero attached hydrogens (tertiary/aromatic N) is 4. The molecule has 3 aromatic heterocycles. The van der Waals surface area contributed by atoms with E-state index in [4.69, 9.17) is 14.4 Å². The van der Waals surface area contributed by atoms with E-state index >= 15 is 0 Å². The molecule has 352 valence electrons. The highest BCUT2D eigenvalue weighted by molar-refractivity contribution is 6.24. The molecule has 15 rings (SSSR count). The Hall–Kier alpha value is -10.0. The van der Waals surface area contributed by atoms with Gasteiger partial charge in [0.2, 0.25) is 0 Å². The van der Waals surface area contributed by atoms with Crippen LogP contribution in [0.5, 0.6) is 0 Å². The lowest BCUT2D eigenvalue weighted by atomic mass is 9.95. The summed E-state index contributed by atoms with van der Waals surface area (Å²) in [6.07, 6.45) is -0.549. The summed E-state index contributed by atoms with van der Waals surface area (Å²) in [4.78, 5) is 10.9. The Morgan fingerprint density at radius 1 is 0.360 bits per heavy atom. The second-order valence-corrected chi connectivity index (χ2v) is 19.3. The van der Waals surface area contributed by atoms with Crippen molar-refractivity contribution in [3.63, 3.8) is 0 Å². The predicted octanol–water partition coefficient (Wildman–Crippen LogP) is 17.3. The monoisotopic (exact) mass is 959 g/mol. The Kier molecular flexibility index (Phi) is 9.85. The minimum atomic E-state index is -0.549. The number of amidine groups is 2. The van der Waals surface area contributed by atoms with Gasteiger partial charge in [-0.05, 0) is 88.0 Å². The minimum Gasteiger partial charge on any atom is -0.456 e. The van der Waals surface area contributed by atoms with E-state index in [0.717, 1.165) is 100 Å². The molecular weight excluding hydrogens is 915 g/mol. The van der Waals surface area contributed by atoms with Crippen LogP contribution < -0.4 is 5.32 Å². The van der Waals surface area contributed by atoms with Crippen molar-refractivity contribution in [2.75, 3.05) is 0 Å². The van der Waals surface area contributed by atoms with Crippen LogP contribution in [-0.4, -0.2) is 20.8 Å². The average molecular weight is 960 g/mol. The van der Waals surface area contributed by atoms with Gasteiger partial charge in [0, 0.05) is 54.7 Å². The molecule has 0 saturated heterocycles. The smallest absolute Gasteiger partial charge is 0.159 e. The number of furan rings is 1. The van der Waals surface area contributed by atoms with Gasteiger partial charge in [0.1, 0.15) is 23.2 Å². The molecule has 1 aliphatic rings. The Morgan fingerprint density at radius 2 is 0.893 bits per heavy atom. The van der Waals surface area contributed by atoms with Crippen molar-refractivity contribution in [3.8, 4) is 44.8 Å². The van der Waals surface area contributed by atoms with Crippen LogP contribution in [0.4, 0.5) is 0 Å². The summed E-state index contributed by atoms with van der Waals surface area (Å²) >= 11 is 0. The van der Waals surface area contributed by atoms with Crippen LogP contribution in [0.2, 0.25) is 0 Å². The van der Waals surface area contributed by atoms with Gasteiger partial charge < -0.3 is 18.9 Å². The molecule has 0 bridgehead atoms. The quantitative estimate of drug-likeness (QED) is 0.165. The molecule has 0 saturated carbocycles. The van der Waals surface area contributed by atoms with Gasteiger partial charge >= 0.3 is 0 Å². The van der Waals surface area contributed by atoms with Crippen molar-refractivity contribution in [1.29, 1.82) is 0 Å². The Balaban J connectivity index is 1.01. The minimum absolute atomic E-state index is 0.549. The molecule has 0 amide bonds. The van der Waals surface area contributed by atoms with E-state index in [2.05, 4.69) is 233 Å². The van der Waals surface area contributed by atoms with Crippen molar-refractivity contribution >= 4 is 77.2 Å². The summed E-state index contributed by atoms with van der Waals surface area (Å²) in [6.45, 7) is 0. The van der Waals surface area contributed by atoms with Gasteiger partial charge in [0.15, 0.2) is 5.84 Å². The van der Waals surface area contributed by atoms with Crippen LogP contribution in [0.1, 0.15) is 22.9 Å². The van der Waals surface area contributed by atoms with Gasteiger partial charge in [-0.15, -0.1) is 0 Å². The molecule has 4 heterocycles. The third-order valence-electron chi connectivity index (χ3n) is 15.0. The van der Waals surface area contributed by atoms with Crippen LogP contribution >= 0.6 is 0 Å². The molecule has 0 radical (unpaired) electrons. The van der Waals surface area contributed by atoms with E-state index in [0.29, 0.717) is 5.84 Å². The van der Waals surface area contributed by atoms with Crippen molar-refractivity contribution < 1.29 is 4.42 Å². The van der Waals surface area contributed by atoms with Crippen molar-refractivity contribution in [2.24, 2.45) is 9.98 Å². The van der Waals surface area contributed by atoms with E-state index < -0.39 is 6.17 Å². The largest absolute Gasteiger partial charge is 0.456 e. The number of benzene rings is 11. The topological polar surface area (TPSA) is 59.8 Å². The number of aliphatic imine (C=N–C) groups is 2. The first kappa shape index (κ1) is 42.6. The predicted molar refractivity (Wildman–Crippen MR) is 311 cm³/mol. The molecule has 0 fully saturated rings. The number of para-hydroxylation sites is 3. The Labute approximate surface area is 432 Å². The maximum atomic E-state index is 6.44. The molecule has 1 unspecified atom stereocenters. The van der Waals surface area contributed by atoms with Crippen LogP contribution in [0.3, 0.4) is 0 Å². The van der Waals surface area contributed by atoms with Gasteiger partial charge in [-0.3, -0.25) is 0 Å². The lowest BCUT2D eigenvalue weighted by molar-refractivity contribution is 0.667. The fourth-order valence-electron chi connectivity index (χ4n) is 11.7. The summed E-state index contributed by atoms with van der Waals surface area (Å²) in [6, 6.07) is 93.1. The average Bonchev–Trinajstić information content (AvgIpc) is 4.21. The van der Waals surface area contributed by atoms with Crippen molar-refractivity contribution in [3.05, 3.63) is 278 Å². The summed E-state index contributed by atoms with van der Waals surface area (Å²) in [7, 11) is 0. The fourth-order valence-corrected chi connectivity index (χ4v) is 11.7. The number of rotatable bonds is 8. The molecule has 75 heavy (non-hydrogen) atoms. The third-order valence-corrected chi connectivity index (χ3v) is 15.0. The fraction of sp³-hybridized carbons (Fsp3) is 0.0145. The first-order chi connectivity index (χ1) is 37.2. The number of nitrogens with one attached hydrogen (secondary N) is 1. The van der Waals surface area contributed by atoms with E-state index in [-0.39, 0.29) is 0 Å². The highest BCUT2D eigenvalue weighted by atomic mass is 16.3. The van der Waals surface area contributed by atoms with Crippen LogP contribution in [-0.2, 0) is 0 Å². The second-order valence-electron chi connectivity index (χ2n) is 19.3. The van der Waals surface area contributed by atoms with Gasteiger partial charge in [-0.1, -0.05) is 206 Å². The Bertz CT molecular complexity index is 4600. The molecular formula is C69H45N5O. The van der Waals surface area contributed by atoms with Gasteiger partial charge in [-0.2, -0.15) is 0 Å². The summed E-state index contributed by atoms with van der Waals surface area (Å²) in [5.41, 5.74) is 18.1. The highest BCUT2D eigenvalue weighted by Crippen LogP contribution is 2.46. The van der Waals surface area contributed by atoms with Gasteiger partial charge in [0.05, 0.1) is 27.8 Å². The van der Waals surface area contributed by atoms with Crippen molar-refractivity contribution in [1.82, 2.24) is 14.5 Å². The lowest BCUT2D eigenvalue weighted by Gasteiger charge is -2.26. The van der Waals surface area contributed by atoms with E-state index in [1.165, 1.54) is 32.8 Å². The maximum Gasteiger partial charge on any atom is 0.159 e. The molecule has 6 heteroatoms. The van der Waals surface area contributed by atoms with Gasteiger partial charge in [-0.25, -0.2) is 9.98 Å². The van der Waals surface area contributed by atoms with Crippen molar-refractivity contribution in [2.45, 2.75) is 6.17 Å². The maximum absolute atomic E-state index is 6.44. The number of aromatic nitrogens is 2. The molecule has 0 spiro atoms. The zero-order valence-electron chi connectivity index (χ0n) is 40.6. The Morgan fingerprint density at radius 3 is 1.61 bits per heavy atom. The zero-order chi connectivity index (χ0) is 49.4. The molecule has 0 aliphatic carbocycles. The molecule has 11 aromatic carbocycles. The lowest BCUT2D eigenvalue weighted by Crippen LogP contribution is -2.34. The normalized spacial score (nSPS) is 13.7. The van der Waals surface area contributed by atoms with Crippen LogP contribution in [0.25, 0.3) is 110 Å². The van der Waals surface area contributed by atoms with E-state index in [1.807, 2.05) is 42.5 Å². The molecule has 1 aliphatic heterocycles. The van der Waals surface area contributed by atoms with Crippen LogP contribution in [0, 0.1) is 0 Å². The van der Waals surface area contributed by atoms with Gasteiger partial charge in [0.25, 0.3) is 0 Å². The summed E-state index contributed by atoms with van der Waals surface area (Å²) in [5, 5.41) is 10.7. The van der Waals surface area contributed by atoms with E-state index in [1.54, 1.807) is 0 Å². The summed E-state index contributed by atoms with van der Waals surface area (Å²) < 4.78 is 11.3. The number of hydrogen-bond donors (Lipinski definition) is 1. The summed E-state index contributed by atoms with van der Waals surface area (Å²) in [5.74, 6) is 1.37.